The van der Waals surface area contributed by atoms with E-state index in [1.54, 1.807) is 6.20 Å². The molecule has 1 aromatic heterocycles. The predicted molar refractivity (Wildman–Crippen MR) is 96.8 cm³/mol. The van der Waals surface area contributed by atoms with Gasteiger partial charge in [0.25, 0.3) is 0 Å². The number of pyridine rings is 1. The van der Waals surface area contributed by atoms with Crippen molar-refractivity contribution in [3.63, 3.8) is 0 Å². The van der Waals surface area contributed by atoms with Crippen LogP contribution in [0.15, 0.2) is 12.3 Å². The topological polar surface area (TPSA) is 54.0 Å². The molecule has 0 atom stereocenters. The van der Waals surface area contributed by atoms with Gasteiger partial charge in [-0.05, 0) is 36.8 Å². The van der Waals surface area contributed by atoms with Crippen LogP contribution in [0.5, 0.6) is 0 Å². The van der Waals surface area contributed by atoms with E-state index in [0.29, 0.717) is 0 Å². The fourth-order valence-electron chi connectivity index (χ4n) is 2.96. The highest BCUT2D eigenvalue weighted by Crippen LogP contribution is 2.25. The number of aromatic nitrogens is 1. The molecule has 1 fully saturated rings. The zero-order valence-corrected chi connectivity index (χ0v) is 15.0. The summed E-state index contributed by atoms with van der Waals surface area (Å²) in [6.07, 6.45) is 9.42. The Morgan fingerprint density at radius 3 is 2.57 bits per heavy atom. The van der Waals surface area contributed by atoms with E-state index in [1.807, 2.05) is 26.8 Å². The Bertz CT molecular complexity index is 528. The van der Waals surface area contributed by atoms with Crippen molar-refractivity contribution in [2.75, 3.05) is 17.2 Å². The molecule has 128 valence electrons. The quantitative estimate of drug-likeness (QED) is 0.833. The van der Waals surface area contributed by atoms with Gasteiger partial charge in [0.2, 0.25) is 5.91 Å². The van der Waals surface area contributed by atoms with Crippen LogP contribution in [-0.4, -0.2) is 17.4 Å². The molecular formula is C19H31N3O. The maximum Gasteiger partial charge on any atom is 0.229 e. The SMILES string of the molecule is CCc1cc(NC(=O)C(C)(C)C)cnc1NCC1CCCCC1. The largest absolute Gasteiger partial charge is 0.370 e. The van der Waals surface area contributed by atoms with Gasteiger partial charge in [0, 0.05) is 12.0 Å². The van der Waals surface area contributed by atoms with Gasteiger partial charge in [-0.15, -0.1) is 0 Å². The van der Waals surface area contributed by atoms with E-state index >= 15 is 0 Å². The maximum absolute atomic E-state index is 12.1. The molecule has 0 unspecified atom stereocenters. The van der Waals surface area contributed by atoms with E-state index in [2.05, 4.69) is 22.5 Å². The molecule has 1 saturated carbocycles. The number of anilines is 2. The highest BCUT2D eigenvalue weighted by molar-refractivity contribution is 5.94. The third-order valence-corrected chi connectivity index (χ3v) is 4.57. The van der Waals surface area contributed by atoms with E-state index < -0.39 is 5.41 Å². The molecule has 4 heteroatoms. The minimum Gasteiger partial charge on any atom is -0.370 e. The zero-order valence-electron chi connectivity index (χ0n) is 15.0. The van der Waals surface area contributed by atoms with Gasteiger partial charge in [0.1, 0.15) is 5.82 Å². The van der Waals surface area contributed by atoms with Crippen molar-refractivity contribution in [2.45, 2.75) is 66.2 Å². The average Bonchev–Trinajstić information content (AvgIpc) is 2.53. The molecule has 2 rings (SSSR count). The van der Waals surface area contributed by atoms with E-state index in [1.165, 1.54) is 32.1 Å². The standard InChI is InChI=1S/C19H31N3O/c1-5-15-11-16(22-18(23)19(2,3)4)13-21-17(15)20-12-14-9-7-6-8-10-14/h11,13-14H,5-10,12H2,1-4H3,(H,20,21)(H,22,23). The molecule has 4 nitrogen and oxygen atoms in total. The Hall–Kier alpha value is -1.58. The van der Waals surface area contributed by atoms with Gasteiger partial charge in [-0.25, -0.2) is 4.98 Å². The second kappa shape index (κ2) is 7.80. The number of amides is 1. The molecule has 0 bridgehead atoms. The van der Waals surface area contributed by atoms with Crippen molar-refractivity contribution in [1.29, 1.82) is 0 Å². The van der Waals surface area contributed by atoms with Gasteiger partial charge in [-0.3, -0.25) is 4.79 Å². The van der Waals surface area contributed by atoms with Crippen molar-refractivity contribution in [3.05, 3.63) is 17.8 Å². The number of nitrogens with zero attached hydrogens (tertiary/aromatic N) is 1. The Labute approximate surface area is 140 Å². The molecule has 0 aliphatic heterocycles. The van der Waals surface area contributed by atoms with Crippen LogP contribution in [0.2, 0.25) is 0 Å². The van der Waals surface area contributed by atoms with Crippen LogP contribution in [0, 0.1) is 11.3 Å². The summed E-state index contributed by atoms with van der Waals surface area (Å²) < 4.78 is 0. The Morgan fingerprint density at radius 2 is 1.96 bits per heavy atom. The van der Waals surface area contributed by atoms with Crippen molar-refractivity contribution in [2.24, 2.45) is 11.3 Å². The maximum atomic E-state index is 12.1. The monoisotopic (exact) mass is 317 g/mol. The summed E-state index contributed by atoms with van der Waals surface area (Å²) in [4.78, 5) is 16.6. The van der Waals surface area contributed by atoms with Crippen LogP contribution in [0.25, 0.3) is 0 Å². The van der Waals surface area contributed by atoms with Gasteiger partial charge >= 0.3 is 0 Å². The summed E-state index contributed by atoms with van der Waals surface area (Å²) >= 11 is 0. The molecule has 0 saturated heterocycles. The fourth-order valence-corrected chi connectivity index (χ4v) is 2.96. The van der Waals surface area contributed by atoms with Crippen LogP contribution in [-0.2, 0) is 11.2 Å². The first-order valence-electron chi connectivity index (χ1n) is 8.94. The fraction of sp³-hybridized carbons (Fsp3) is 0.684. The molecule has 0 radical (unpaired) electrons. The number of hydrogen-bond donors (Lipinski definition) is 2. The number of carbonyl (C=O) groups is 1. The lowest BCUT2D eigenvalue weighted by molar-refractivity contribution is -0.123. The van der Waals surface area contributed by atoms with Crippen LogP contribution in [0.1, 0.15) is 65.4 Å². The molecular weight excluding hydrogens is 286 g/mol. The minimum atomic E-state index is -0.399. The number of nitrogens with one attached hydrogen (secondary N) is 2. The van der Waals surface area contributed by atoms with Crippen molar-refractivity contribution in [3.8, 4) is 0 Å². The lowest BCUT2D eigenvalue weighted by Gasteiger charge is -2.23. The highest BCUT2D eigenvalue weighted by Gasteiger charge is 2.21. The molecule has 1 aromatic rings. The second-order valence-electron chi connectivity index (χ2n) is 7.67. The van der Waals surface area contributed by atoms with Gasteiger partial charge in [-0.1, -0.05) is 47.0 Å². The number of aryl methyl sites for hydroxylation is 1. The van der Waals surface area contributed by atoms with Gasteiger partial charge in [0.05, 0.1) is 11.9 Å². The average molecular weight is 317 g/mol. The summed E-state index contributed by atoms with van der Waals surface area (Å²) in [5, 5.41) is 6.48. The lowest BCUT2D eigenvalue weighted by Crippen LogP contribution is -2.27. The molecule has 1 aliphatic carbocycles. The zero-order chi connectivity index (χ0) is 16.9. The minimum absolute atomic E-state index is 0.0178. The van der Waals surface area contributed by atoms with Crippen molar-refractivity contribution in [1.82, 2.24) is 4.98 Å². The first kappa shape index (κ1) is 17.8. The van der Waals surface area contributed by atoms with Crippen molar-refractivity contribution < 1.29 is 4.79 Å². The highest BCUT2D eigenvalue weighted by atomic mass is 16.2. The molecule has 1 aliphatic rings. The Kier molecular flexibility index (Phi) is 6.03. The Balaban J connectivity index is 1.99. The number of carbonyl (C=O) groups excluding carboxylic acids is 1. The van der Waals surface area contributed by atoms with Crippen molar-refractivity contribution >= 4 is 17.4 Å². The lowest BCUT2D eigenvalue weighted by atomic mass is 9.89. The van der Waals surface area contributed by atoms with E-state index in [-0.39, 0.29) is 5.91 Å². The summed E-state index contributed by atoms with van der Waals surface area (Å²) in [6.45, 7) is 8.87. The summed E-state index contributed by atoms with van der Waals surface area (Å²) in [5.41, 5.74) is 1.54. The Morgan fingerprint density at radius 1 is 1.26 bits per heavy atom. The molecule has 23 heavy (non-hydrogen) atoms. The van der Waals surface area contributed by atoms with Gasteiger partial charge in [0.15, 0.2) is 0 Å². The first-order chi connectivity index (χ1) is 10.9. The molecule has 1 heterocycles. The normalized spacial score (nSPS) is 16.2. The van der Waals surface area contributed by atoms with Crippen LogP contribution >= 0.6 is 0 Å². The van der Waals surface area contributed by atoms with Crippen LogP contribution in [0.4, 0.5) is 11.5 Å². The summed E-state index contributed by atoms with van der Waals surface area (Å²) in [5.74, 6) is 1.76. The van der Waals surface area contributed by atoms with Gasteiger partial charge < -0.3 is 10.6 Å². The smallest absolute Gasteiger partial charge is 0.229 e. The third-order valence-electron chi connectivity index (χ3n) is 4.57. The summed E-state index contributed by atoms with van der Waals surface area (Å²) in [7, 11) is 0. The first-order valence-corrected chi connectivity index (χ1v) is 8.94. The van der Waals surface area contributed by atoms with E-state index in [4.69, 9.17) is 0 Å². The number of rotatable bonds is 5. The van der Waals surface area contributed by atoms with E-state index in [9.17, 15) is 4.79 Å². The summed E-state index contributed by atoms with van der Waals surface area (Å²) in [6, 6.07) is 2.04. The molecule has 0 aromatic carbocycles. The third kappa shape index (κ3) is 5.22. The van der Waals surface area contributed by atoms with Crippen LogP contribution in [0.3, 0.4) is 0 Å². The molecule has 2 N–H and O–H groups in total. The van der Waals surface area contributed by atoms with Crippen LogP contribution < -0.4 is 10.6 Å². The van der Waals surface area contributed by atoms with Gasteiger partial charge in [-0.2, -0.15) is 0 Å². The molecule has 0 spiro atoms. The predicted octanol–water partition coefficient (Wildman–Crippen LogP) is 4.62. The van der Waals surface area contributed by atoms with E-state index in [0.717, 1.165) is 36.0 Å². The number of hydrogen-bond acceptors (Lipinski definition) is 3. The molecule has 1 amide bonds. The second-order valence-corrected chi connectivity index (χ2v) is 7.67.